The highest BCUT2D eigenvalue weighted by molar-refractivity contribution is 7.93. The molecule has 3 N–H and O–H groups in total. The predicted molar refractivity (Wildman–Crippen MR) is 57.0 cm³/mol. The van der Waals surface area contributed by atoms with Crippen molar-refractivity contribution in [1.29, 1.82) is 0 Å². The monoisotopic (exact) mass is 248 g/mol. The van der Waals surface area contributed by atoms with Crippen LogP contribution in [0.1, 0.15) is 0 Å². The number of ether oxygens (including phenoxy) is 1. The summed E-state index contributed by atoms with van der Waals surface area (Å²) in [4.78, 5) is 10.8. The van der Waals surface area contributed by atoms with Gasteiger partial charge in [0.15, 0.2) is 11.6 Å². The van der Waals surface area contributed by atoms with Crippen LogP contribution in [0.5, 0.6) is 0 Å². The third kappa shape index (κ3) is 2.86. The van der Waals surface area contributed by atoms with Crippen molar-refractivity contribution in [2.24, 2.45) is 7.05 Å². The molecular formula is C7H12N4O4S. The zero-order valence-electron chi connectivity index (χ0n) is 8.80. The highest BCUT2D eigenvalue weighted by Crippen LogP contribution is 2.17. The molecule has 1 heterocycles. The van der Waals surface area contributed by atoms with Gasteiger partial charge in [-0.1, -0.05) is 0 Å². The Morgan fingerprint density at radius 1 is 1.69 bits per heavy atom. The fourth-order valence-corrected chi connectivity index (χ4v) is 2.02. The number of methoxy groups -OCH3 is 1. The van der Waals surface area contributed by atoms with E-state index in [2.05, 4.69) is 14.6 Å². The molecule has 0 aliphatic heterocycles. The molecule has 0 saturated carbocycles. The van der Waals surface area contributed by atoms with Gasteiger partial charge in [-0.15, -0.1) is 0 Å². The normalized spacial score (nSPS) is 11.1. The van der Waals surface area contributed by atoms with E-state index in [0.717, 1.165) is 7.11 Å². The molecule has 0 aromatic carbocycles. The Labute approximate surface area is 92.4 Å². The summed E-state index contributed by atoms with van der Waals surface area (Å²) in [6.45, 7) is 0. The van der Waals surface area contributed by atoms with Gasteiger partial charge in [0.25, 0.3) is 0 Å². The molecule has 0 unspecified atom stereocenters. The molecule has 8 nitrogen and oxygen atoms in total. The SMILES string of the molecule is COC(=O)CS(=O)(=O)Nc1c(N)cnn1C. The quantitative estimate of drug-likeness (QED) is 0.654. The molecule has 0 saturated heterocycles. The number of anilines is 2. The molecule has 0 amide bonds. The van der Waals surface area contributed by atoms with Crippen molar-refractivity contribution in [3.05, 3.63) is 6.20 Å². The standard InChI is InChI=1S/C7H12N4O4S/c1-11-7(5(8)3-9-11)10-16(13,14)4-6(12)15-2/h3,10H,4,8H2,1-2H3. The number of carbonyl (C=O) groups excluding carboxylic acids is 1. The van der Waals surface area contributed by atoms with E-state index < -0.39 is 21.7 Å². The number of nitrogens with zero attached hydrogens (tertiary/aromatic N) is 2. The van der Waals surface area contributed by atoms with Crippen LogP contribution in [0.3, 0.4) is 0 Å². The number of rotatable bonds is 4. The van der Waals surface area contributed by atoms with E-state index >= 15 is 0 Å². The Hall–Kier alpha value is -1.77. The molecule has 1 aromatic rings. The largest absolute Gasteiger partial charge is 0.468 e. The number of nitrogens with one attached hydrogen (secondary N) is 1. The maximum absolute atomic E-state index is 11.5. The number of nitrogens with two attached hydrogens (primary N) is 1. The molecular weight excluding hydrogens is 236 g/mol. The maximum atomic E-state index is 11.5. The highest BCUT2D eigenvalue weighted by Gasteiger charge is 2.19. The summed E-state index contributed by atoms with van der Waals surface area (Å²) in [5, 5.41) is 3.75. The van der Waals surface area contributed by atoms with Crippen LogP contribution < -0.4 is 10.5 Å². The summed E-state index contributed by atoms with van der Waals surface area (Å²) in [5.41, 5.74) is 5.66. The number of esters is 1. The van der Waals surface area contributed by atoms with Gasteiger partial charge in [0.2, 0.25) is 10.0 Å². The van der Waals surface area contributed by atoms with Crippen LogP contribution in [-0.2, 0) is 26.6 Å². The van der Waals surface area contributed by atoms with Crippen molar-refractivity contribution in [2.45, 2.75) is 0 Å². The number of nitrogen functional groups attached to an aromatic ring is 1. The fourth-order valence-electron chi connectivity index (χ4n) is 0.977. The molecule has 0 atom stereocenters. The van der Waals surface area contributed by atoms with Crippen molar-refractivity contribution in [2.75, 3.05) is 23.3 Å². The van der Waals surface area contributed by atoms with Gasteiger partial charge >= 0.3 is 5.97 Å². The first-order valence-electron chi connectivity index (χ1n) is 4.20. The lowest BCUT2D eigenvalue weighted by Crippen LogP contribution is -2.25. The molecule has 1 aromatic heterocycles. The van der Waals surface area contributed by atoms with Gasteiger partial charge in [0.05, 0.1) is 19.0 Å². The number of hydrogen-bond donors (Lipinski definition) is 2. The van der Waals surface area contributed by atoms with Crippen molar-refractivity contribution in [3.63, 3.8) is 0 Å². The first-order valence-corrected chi connectivity index (χ1v) is 5.85. The van der Waals surface area contributed by atoms with E-state index in [1.54, 1.807) is 0 Å². The molecule has 9 heteroatoms. The zero-order valence-corrected chi connectivity index (χ0v) is 9.61. The van der Waals surface area contributed by atoms with Crippen LogP contribution in [0.4, 0.5) is 11.5 Å². The number of aromatic nitrogens is 2. The van der Waals surface area contributed by atoms with Crippen molar-refractivity contribution in [1.82, 2.24) is 9.78 Å². The molecule has 90 valence electrons. The number of aryl methyl sites for hydroxylation is 1. The van der Waals surface area contributed by atoms with Crippen molar-refractivity contribution in [3.8, 4) is 0 Å². The van der Waals surface area contributed by atoms with Gasteiger partial charge in [-0.05, 0) is 0 Å². The van der Waals surface area contributed by atoms with E-state index in [0.29, 0.717) is 0 Å². The lowest BCUT2D eigenvalue weighted by molar-refractivity contribution is -0.137. The summed E-state index contributed by atoms with van der Waals surface area (Å²) in [6.07, 6.45) is 1.30. The summed E-state index contributed by atoms with van der Waals surface area (Å²) in [7, 11) is -1.20. The Bertz CT molecular complexity index is 473. The second kappa shape index (κ2) is 4.39. The van der Waals surface area contributed by atoms with Crippen molar-refractivity contribution < 1.29 is 17.9 Å². The molecule has 16 heavy (non-hydrogen) atoms. The van der Waals surface area contributed by atoms with E-state index in [1.165, 1.54) is 17.9 Å². The first-order chi connectivity index (χ1) is 7.35. The highest BCUT2D eigenvalue weighted by atomic mass is 32.2. The summed E-state index contributed by atoms with van der Waals surface area (Å²) in [6, 6.07) is 0. The molecule has 0 spiro atoms. The first kappa shape index (κ1) is 12.3. The lowest BCUT2D eigenvalue weighted by Gasteiger charge is -2.07. The lowest BCUT2D eigenvalue weighted by atomic mass is 10.5. The third-order valence-electron chi connectivity index (χ3n) is 1.75. The topological polar surface area (TPSA) is 116 Å². The minimum Gasteiger partial charge on any atom is -0.468 e. The number of carbonyl (C=O) groups is 1. The number of hydrogen-bond acceptors (Lipinski definition) is 6. The predicted octanol–water partition coefficient (Wildman–Crippen LogP) is -1.08. The van der Waals surface area contributed by atoms with E-state index in [-0.39, 0.29) is 11.5 Å². The van der Waals surface area contributed by atoms with Gasteiger partial charge < -0.3 is 10.5 Å². The van der Waals surface area contributed by atoms with E-state index in [1.807, 2.05) is 0 Å². The summed E-state index contributed by atoms with van der Waals surface area (Å²) >= 11 is 0. The molecule has 0 aliphatic carbocycles. The van der Waals surface area contributed by atoms with Crippen LogP contribution in [-0.4, -0.2) is 37.0 Å². The molecule has 1 rings (SSSR count). The zero-order chi connectivity index (χ0) is 12.3. The van der Waals surface area contributed by atoms with Crippen LogP contribution in [0.25, 0.3) is 0 Å². The minimum atomic E-state index is -3.83. The van der Waals surface area contributed by atoms with Gasteiger partial charge in [0, 0.05) is 7.05 Å². The third-order valence-corrected chi connectivity index (χ3v) is 2.87. The molecule has 0 bridgehead atoms. The fraction of sp³-hybridized carbons (Fsp3) is 0.429. The van der Waals surface area contributed by atoms with Crippen molar-refractivity contribution >= 4 is 27.5 Å². The van der Waals surface area contributed by atoms with Gasteiger partial charge in [-0.25, -0.2) is 8.42 Å². The summed E-state index contributed by atoms with van der Waals surface area (Å²) < 4.78 is 30.6. The second-order valence-electron chi connectivity index (χ2n) is 3.01. The molecule has 0 fully saturated rings. The van der Waals surface area contributed by atoms with Gasteiger partial charge in [0.1, 0.15) is 0 Å². The average Bonchev–Trinajstić information content (AvgIpc) is 2.48. The number of sulfonamides is 1. The van der Waals surface area contributed by atoms with Crippen LogP contribution in [0, 0.1) is 0 Å². The minimum absolute atomic E-state index is 0.115. The van der Waals surface area contributed by atoms with E-state index in [4.69, 9.17) is 5.73 Å². The second-order valence-corrected chi connectivity index (χ2v) is 4.73. The van der Waals surface area contributed by atoms with Gasteiger partial charge in [-0.3, -0.25) is 14.2 Å². The Balaban J connectivity index is 2.85. The Kier molecular flexibility index (Phi) is 3.38. The van der Waals surface area contributed by atoms with Crippen LogP contribution in [0.2, 0.25) is 0 Å². The Morgan fingerprint density at radius 2 is 2.31 bits per heavy atom. The maximum Gasteiger partial charge on any atom is 0.322 e. The molecule has 0 radical (unpaired) electrons. The smallest absolute Gasteiger partial charge is 0.322 e. The van der Waals surface area contributed by atoms with Gasteiger partial charge in [-0.2, -0.15) is 5.10 Å². The van der Waals surface area contributed by atoms with Crippen LogP contribution in [0.15, 0.2) is 6.20 Å². The average molecular weight is 248 g/mol. The van der Waals surface area contributed by atoms with E-state index in [9.17, 15) is 13.2 Å². The summed E-state index contributed by atoms with van der Waals surface area (Å²) in [5.74, 6) is -1.51. The van der Waals surface area contributed by atoms with Crippen LogP contribution >= 0.6 is 0 Å². The molecule has 0 aliphatic rings. The Morgan fingerprint density at radius 3 is 2.75 bits per heavy atom.